The number of non-ortho nitro benzene ring substituents is 1. The minimum absolute atomic E-state index is 0. The molecule has 1 fully saturated rings. The van der Waals surface area contributed by atoms with Crippen LogP contribution in [-0.2, 0) is 0 Å². The van der Waals surface area contributed by atoms with E-state index < -0.39 is 4.92 Å². The van der Waals surface area contributed by atoms with Gasteiger partial charge in [-0.2, -0.15) is 0 Å². The lowest BCUT2D eigenvalue weighted by atomic mass is 9.95. The SMILES string of the molecule is CC1CCNCC1NC(=O)c1csc(-c2ccc([N+](=O)[O-])cc2)n1.Cl. The summed E-state index contributed by atoms with van der Waals surface area (Å²) in [6.07, 6.45) is 1.04. The van der Waals surface area contributed by atoms with E-state index >= 15 is 0 Å². The smallest absolute Gasteiger partial charge is 0.271 e. The highest BCUT2D eigenvalue weighted by molar-refractivity contribution is 7.13. The average molecular weight is 383 g/mol. The van der Waals surface area contributed by atoms with Crippen LogP contribution in [0, 0.1) is 16.0 Å². The summed E-state index contributed by atoms with van der Waals surface area (Å²) in [5, 5.41) is 19.4. The molecule has 0 saturated carbocycles. The fourth-order valence-corrected chi connectivity index (χ4v) is 3.47. The molecule has 0 aliphatic carbocycles. The number of nitro groups is 1. The number of nitrogens with zero attached hydrogens (tertiary/aromatic N) is 2. The van der Waals surface area contributed by atoms with Gasteiger partial charge in [-0.05, 0) is 31.0 Å². The Morgan fingerprint density at radius 1 is 1.40 bits per heavy atom. The van der Waals surface area contributed by atoms with E-state index in [0.29, 0.717) is 16.6 Å². The van der Waals surface area contributed by atoms with Crippen LogP contribution >= 0.6 is 23.7 Å². The van der Waals surface area contributed by atoms with Gasteiger partial charge in [0.05, 0.1) is 4.92 Å². The molecule has 7 nitrogen and oxygen atoms in total. The molecule has 1 saturated heterocycles. The van der Waals surface area contributed by atoms with Crippen LogP contribution in [0.25, 0.3) is 10.6 Å². The zero-order chi connectivity index (χ0) is 17.1. The van der Waals surface area contributed by atoms with Gasteiger partial charge in [0, 0.05) is 35.7 Å². The molecule has 25 heavy (non-hydrogen) atoms. The minimum Gasteiger partial charge on any atom is -0.346 e. The number of hydrogen-bond acceptors (Lipinski definition) is 6. The highest BCUT2D eigenvalue weighted by atomic mass is 35.5. The fraction of sp³-hybridized carbons (Fsp3) is 0.375. The maximum Gasteiger partial charge on any atom is 0.271 e. The van der Waals surface area contributed by atoms with Crippen LogP contribution in [0.2, 0.25) is 0 Å². The van der Waals surface area contributed by atoms with E-state index in [2.05, 4.69) is 22.5 Å². The Kier molecular flexibility index (Phi) is 6.46. The third-order valence-corrected chi connectivity index (χ3v) is 5.10. The number of benzene rings is 1. The molecule has 1 amide bonds. The second kappa shape index (κ2) is 8.37. The van der Waals surface area contributed by atoms with E-state index in [9.17, 15) is 14.9 Å². The van der Waals surface area contributed by atoms with Crippen molar-refractivity contribution in [2.75, 3.05) is 13.1 Å². The van der Waals surface area contributed by atoms with Gasteiger partial charge in [0.2, 0.25) is 0 Å². The molecule has 0 spiro atoms. The minimum atomic E-state index is -0.441. The third kappa shape index (κ3) is 4.53. The van der Waals surface area contributed by atoms with Crippen LogP contribution in [0.5, 0.6) is 0 Å². The summed E-state index contributed by atoms with van der Waals surface area (Å²) in [4.78, 5) is 27.0. The van der Waals surface area contributed by atoms with Gasteiger partial charge in [-0.15, -0.1) is 23.7 Å². The molecule has 3 rings (SSSR count). The molecule has 1 aromatic heterocycles. The van der Waals surface area contributed by atoms with Gasteiger partial charge in [-0.3, -0.25) is 14.9 Å². The Morgan fingerprint density at radius 3 is 2.76 bits per heavy atom. The van der Waals surface area contributed by atoms with Crippen molar-refractivity contribution in [1.29, 1.82) is 0 Å². The lowest BCUT2D eigenvalue weighted by Crippen LogP contribution is -2.50. The van der Waals surface area contributed by atoms with Gasteiger partial charge < -0.3 is 10.6 Å². The van der Waals surface area contributed by atoms with Crippen molar-refractivity contribution in [3.05, 3.63) is 45.5 Å². The number of nitrogens with one attached hydrogen (secondary N) is 2. The van der Waals surface area contributed by atoms with Crippen LogP contribution in [0.4, 0.5) is 5.69 Å². The Labute approximate surface area is 155 Å². The second-order valence-corrected chi connectivity index (χ2v) is 6.75. The van der Waals surface area contributed by atoms with Crippen LogP contribution in [0.1, 0.15) is 23.8 Å². The monoisotopic (exact) mass is 382 g/mol. The predicted octanol–water partition coefficient (Wildman–Crippen LogP) is 2.87. The standard InChI is InChI=1S/C16H18N4O3S.ClH/c1-10-6-7-17-8-13(10)18-15(21)14-9-24-16(19-14)11-2-4-12(5-3-11)20(22)23;/h2-5,9-10,13,17H,6-8H2,1H3,(H,18,21);1H. The van der Waals surface area contributed by atoms with E-state index in [-0.39, 0.29) is 30.0 Å². The first kappa shape index (κ1) is 19.3. The first-order chi connectivity index (χ1) is 11.5. The lowest BCUT2D eigenvalue weighted by Gasteiger charge is -2.29. The number of amides is 1. The van der Waals surface area contributed by atoms with Crippen LogP contribution in [0.3, 0.4) is 0 Å². The number of piperidine rings is 1. The highest BCUT2D eigenvalue weighted by Gasteiger charge is 2.24. The summed E-state index contributed by atoms with van der Waals surface area (Å²) in [5.41, 5.74) is 1.18. The molecule has 1 aromatic carbocycles. The molecular weight excluding hydrogens is 364 g/mol. The van der Waals surface area contributed by atoms with Gasteiger partial charge in [-0.25, -0.2) is 4.98 Å². The van der Waals surface area contributed by atoms with E-state index in [1.54, 1.807) is 17.5 Å². The zero-order valence-corrected chi connectivity index (χ0v) is 15.2. The lowest BCUT2D eigenvalue weighted by molar-refractivity contribution is -0.384. The van der Waals surface area contributed by atoms with Crippen molar-refractivity contribution < 1.29 is 9.72 Å². The molecule has 2 unspecified atom stereocenters. The number of halogens is 1. The highest BCUT2D eigenvalue weighted by Crippen LogP contribution is 2.26. The summed E-state index contributed by atoms with van der Waals surface area (Å²) < 4.78 is 0. The van der Waals surface area contributed by atoms with E-state index in [4.69, 9.17) is 0 Å². The van der Waals surface area contributed by atoms with E-state index in [1.807, 2.05) is 0 Å². The van der Waals surface area contributed by atoms with Crippen molar-refractivity contribution in [3.8, 4) is 10.6 Å². The molecule has 1 aliphatic heterocycles. The topological polar surface area (TPSA) is 97.2 Å². The van der Waals surface area contributed by atoms with E-state index in [0.717, 1.165) is 25.1 Å². The van der Waals surface area contributed by atoms with E-state index in [1.165, 1.54) is 23.5 Å². The quantitative estimate of drug-likeness (QED) is 0.626. The fourth-order valence-electron chi connectivity index (χ4n) is 2.66. The van der Waals surface area contributed by atoms with Crippen molar-refractivity contribution in [2.45, 2.75) is 19.4 Å². The summed E-state index contributed by atoms with van der Waals surface area (Å²) >= 11 is 1.35. The van der Waals surface area contributed by atoms with Crippen molar-refractivity contribution in [3.63, 3.8) is 0 Å². The summed E-state index contributed by atoms with van der Waals surface area (Å²) in [6, 6.07) is 6.27. The zero-order valence-electron chi connectivity index (χ0n) is 13.6. The molecule has 134 valence electrons. The maximum atomic E-state index is 12.4. The van der Waals surface area contributed by atoms with Gasteiger partial charge in [0.15, 0.2) is 0 Å². The molecular formula is C16H19ClN4O3S. The van der Waals surface area contributed by atoms with Crippen LogP contribution in [0.15, 0.2) is 29.6 Å². The van der Waals surface area contributed by atoms with Crippen molar-refractivity contribution >= 4 is 35.3 Å². The van der Waals surface area contributed by atoms with Gasteiger partial charge in [0.1, 0.15) is 10.7 Å². The normalized spacial score (nSPS) is 19.7. The van der Waals surface area contributed by atoms with Gasteiger partial charge in [-0.1, -0.05) is 6.92 Å². The second-order valence-electron chi connectivity index (χ2n) is 5.89. The Balaban J connectivity index is 0.00000225. The Morgan fingerprint density at radius 2 is 2.12 bits per heavy atom. The van der Waals surface area contributed by atoms with Gasteiger partial charge >= 0.3 is 0 Å². The van der Waals surface area contributed by atoms with Crippen molar-refractivity contribution in [1.82, 2.24) is 15.6 Å². The number of rotatable bonds is 4. The molecule has 9 heteroatoms. The molecule has 0 bridgehead atoms. The van der Waals surface area contributed by atoms with Gasteiger partial charge in [0.25, 0.3) is 11.6 Å². The number of carbonyl (C=O) groups excluding carboxylic acids is 1. The Hall–Kier alpha value is -2.03. The molecule has 2 atom stereocenters. The molecule has 0 radical (unpaired) electrons. The molecule has 2 N–H and O–H groups in total. The number of aromatic nitrogens is 1. The maximum absolute atomic E-state index is 12.4. The predicted molar refractivity (Wildman–Crippen MR) is 99.4 cm³/mol. The number of hydrogen-bond donors (Lipinski definition) is 2. The third-order valence-electron chi connectivity index (χ3n) is 4.21. The number of carbonyl (C=O) groups is 1. The molecule has 2 heterocycles. The number of thiazole rings is 1. The summed E-state index contributed by atoms with van der Waals surface area (Å²) in [6.45, 7) is 3.88. The van der Waals surface area contributed by atoms with Crippen molar-refractivity contribution in [2.24, 2.45) is 5.92 Å². The number of nitro benzene ring substituents is 1. The summed E-state index contributed by atoms with van der Waals surface area (Å²) in [5.74, 6) is 0.253. The molecule has 2 aromatic rings. The summed E-state index contributed by atoms with van der Waals surface area (Å²) in [7, 11) is 0. The van der Waals surface area contributed by atoms with Crippen LogP contribution in [-0.4, -0.2) is 34.9 Å². The first-order valence-electron chi connectivity index (χ1n) is 7.76. The Bertz CT molecular complexity index is 750. The van der Waals surface area contributed by atoms with Crippen LogP contribution < -0.4 is 10.6 Å². The molecule has 1 aliphatic rings. The first-order valence-corrected chi connectivity index (χ1v) is 8.64. The average Bonchev–Trinajstić information content (AvgIpc) is 3.07. The largest absolute Gasteiger partial charge is 0.346 e.